The Balaban J connectivity index is 2.12. The molecule has 0 radical (unpaired) electrons. The molecule has 0 aliphatic carbocycles. The summed E-state index contributed by atoms with van der Waals surface area (Å²) in [6.45, 7) is 2.02. The highest BCUT2D eigenvalue weighted by Crippen LogP contribution is 2.27. The van der Waals surface area contributed by atoms with E-state index in [-0.39, 0.29) is 12.1 Å². The molecule has 3 rings (SSSR count). The Morgan fingerprint density at radius 1 is 1.32 bits per heavy atom. The van der Waals surface area contributed by atoms with E-state index in [1.54, 1.807) is 24.7 Å². The number of nitrogens with zero attached hydrogens (tertiary/aromatic N) is 1. The minimum absolute atomic E-state index is 0.283. The SMILES string of the molecule is CCc1ccn2c(F)ccc(C(O)C3NC=CN3)c12. The van der Waals surface area contributed by atoms with Crippen LogP contribution in [0.15, 0.2) is 36.8 Å². The van der Waals surface area contributed by atoms with E-state index >= 15 is 0 Å². The van der Waals surface area contributed by atoms with E-state index in [1.807, 2.05) is 13.0 Å². The van der Waals surface area contributed by atoms with Gasteiger partial charge in [0, 0.05) is 24.2 Å². The monoisotopic (exact) mass is 261 g/mol. The van der Waals surface area contributed by atoms with Crippen LogP contribution in [-0.4, -0.2) is 15.7 Å². The Morgan fingerprint density at radius 3 is 2.74 bits per heavy atom. The van der Waals surface area contributed by atoms with Gasteiger partial charge in [0.2, 0.25) is 0 Å². The van der Waals surface area contributed by atoms with E-state index in [0.717, 1.165) is 23.1 Å². The van der Waals surface area contributed by atoms with E-state index in [1.165, 1.54) is 10.5 Å². The number of aliphatic hydroxyl groups excluding tert-OH is 1. The fourth-order valence-corrected chi connectivity index (χ4v) is 2.53. The number of aromatic nitrogens is 1. The zero-order chi connectivity index (χ0) is 13.4. The number of hydrogen-bond donors (Lipinski definition) is 3. The Labute approximate surface area is 110 Å². The zero-order valence-electron chi connectivity index (χ0n) is 10.6. The van der Waals surface area contributed by atoms with Gasteiger partial charge in [-0.2, -0.15) is 4.39 Å². The number of halogens is 1. The molecule has 0 saturated carbocycles. The smallest absolute Gasteiger partial charge is 0.198 e. The van der Waals surface area contributed by atoms with E-state index in [0.29, 0.717) is 0 Å². The first kappa shape index (κ1) is 12.0. The fraction of sp³-hybridized carbons (Fsp3) is 0.286. The first-order valence-corrected chi connectivity index (χ1v) is 6.36. The molecule has 19 heavy (non-hydrogen) atoms. The van der Waals surface area contributed by atoms with Gasteiger partial charge < -0.3 is 15.7 Å². The van der Waals surface area contributed by atoms with Gasteiger partial charge in [-0.05, 0) is 30.2 Å². The standard InChI is InChI=1S/C14H16FN3O/c1-2-9-5-8-18-11(15)4-3-10(12(9)18)13(19)14-16-6-7-17-14/h3-8,13-14,16-17,19H,2H2,1H3. The van der Waals surface area contributed by atoms with E-state index in [2.05, 4.69) is 10.6 Å². The molecule has 1 aliphatic heterocycles. The number of hydrogen-bond acceptors (Lipinski definition) is 3. The summed E-state index contributed by atoms with van der Waals surface area (Å²) in [5, 5.41) is 16.5. The van der Waals surface area contributed by atoms with Crippen molar-refractivity contribution in [2.45, 2.75) is 25.6 Å². The van der Waals surface area contributed by atoms with Gasteiger partial charge in [0.05, 0.1) is 5.52 Å². The first-order valence-electron chi connectivity index (χ1n) is 6.36. The molecule has 1 unspecified atom stereocenters. The van der Waals surface area contributed by atoms with Crippen LogP contribution < -0.4 is 10.6 Å². The van der Waals surface area contributed by atoms with Gasteiger partial charge in [0.1, 0.15) is 12.3 Å². The summed E-state index contributed by atoms with van der Waals surface area (Å²) in [6, 6.07) is 4.92. The van der Waals surface area contributed by atoms with Crippen molar-refractivity contribution in [3.8, 4) is 0 Å². The minimum Gasteiger partial charge on any atom is -0.384 e. The maximum absolute atomic E-state index is 13.8. The van der Waals surface area contributed by atoms with E-state index < -0.39 is 6.10 Å². The molecule has 1 atom stereocenters. The van der Waals surface area contributed by atoms with Crippen molar-refractivity contribution < 1.29 is 9.50 Å². The summed E-state index contributed by atoms with van der Waals surface area (Å²) in [7, 11) is 0. The summed E-state index contributed by atoms with van der Waals surface area (Å²) in [4.78, 5) is 0. The van der Waals surface area contributed by atoms with Gasteiger partial charge in [-0.15, -0.1) is 0 Å². The third-order valence-electron chi connectivity index (χ3n) is 3.52. The van der Waals surface area contributed by atoms with Crippen LogP contribution in [0.4, 0.5) is 4.39 Å². The number of rotatable bonds is 3. The van der Waals surface area contributed by atoms with Gasteiger partial charge in [-0.3, -0.25) is 4.40 Å². The van der Waals surface area contributed by atoms with Crippen molar-refractivity contribution in [3.63, 3.8) is 0 Å². The van der Waals surface area contributed by atoms with Crippen molar-refractivity contribution >= 4 is 5.52 Å². The van der Waals surface area contributed by atoms with Gasteiger partial charge in [0.15, 0.2) is 5.95 Å². The lowest BCUT2D eigenvalue weighted by molar-refractivity contribution is 0.131. The second kappa shape index (κ2) is 4.59. The van der Waals surface area contributed by atoms with Crippen molar-refractivity contribution in [3.05, 3.63) is 53.9 Å². The quantitative estimate of drug-likeness (QED) is 0.737. The first-order chi connectivity index (χ1) is 9.22. The van der Waals surface area contributed by atoms with Crippen molar-refractivity contribution in [2.75, 3.05) is 0 Å². The number of aliphatic hydroxyl groups is 1. The molecule has 5 heteroatoms. The Hall–Kier alpha value is -2.01. The maximum atomic E-state index is 13.8. The zero-order valence-corrected chi connectivity index (χ0v) is 10.6. The third-order valence-corrected chi connectivity index (χ3v) is 3.52. The number of fused-ring (bicyclic) bond motifs is 1. The molecule has 0 spiro atoms. The lowest BCUT2D eigenvalue weighted by Crippen LogP contribution is -2.37. The van der Waals surface area contributed by atoms with Crippen LogP contribution in [0.1, 0.15) is 24.2 Å². The van der Waals surface area contributed by atoms with Gasteiger partial charge in [-0.1, -0.05) is 6.92 Å². The molecule has 1 aliphatic rings. The molecule has 0 fully saturated rings. The second-order valence-electron chi connectivity index (χ2n) is 4.61. The summed E-state index contributed by atoms with van der Waals surface area (Å²) in [5.74, 6) is -0.323. The van der Waals surface area contributed by atoms with Crippen molar-refractivity contribution in [1.82, 2.24) is 15.0 Å². The number of pyridine rings is 1. The molecule has 0 aromatic carbocycles. The summed E-state index contributed by atoms with van der Waals surface area (Å²) in [6.07, 6.45) is 4.95. The molecule has 4 nitrogen and oxygen atoms in total. The van der Waals surface area contributed by atoms with Gasteiger partial charge in [0.25, 0.3) is 0 Å². The molecule has 2 aromatic heterocycles. The van der Waals surface area contributed by atoms with Crippen molar-refractivity contribution in [1.29, 1.82) is 0 Å². The highest BCUT2D eigenvalue weighted by Gasteiger charge is 2.24. The molecular weight excluding hydrogens is 245 g/mol. The normalized spacial score (nSPS) is 16.6. The third kappa shape index (κ3) is 1.86. The molecule has 0 saturated heterocycles. The van der Waals surface area contributed by atoms with Crippen molar-refractivity contribution in [2.24, 2.45) is 0 Å². The fourth-order valence-electron chi connectivity index (χ4n) is 2.53. The molecule has 0 bridgehead atoms. The van der Waals surface area contributed by atoms with Crippen LogP contribution in [-0.2, 0) is 6.42 Å². The van der Waals surface area contributed by atoms with Crippen LogP contribution >= 0.6 is 0 Å². The van der Waals surface area contributed by atoms with Gasteiger partial charge in [-0.25, -0.2) is 0 Å². The average Bonchev–Trinajstić information content (AvgIpc) is 3.08. The highest BCUT2D eigenvalue weighted by molar-refractivity contribution is 5.63. The lowest BCUT2D eigenvalue weighted by Gasteiger charge is -2.21. The predicted octanol–water partition coefficient (Wildman–Crippen LogP) is 1.66. The summed E-state index contributed by atoms with van der Waals surface area (Å²) < 4.78 is 15.3. The van der Waals surface area contributed by atoms with E-state index in [9.17, 15) is 9.50 Å². The molecular formula is C14H16FN3O. The largest absolute Gasteiger partial charge is 0.384 e. The topological polar surface area (TPSA) is 48.7 Å². The second-order valence-corrected chi connectivity index (χ2v) is 4.61. The maximum Gasteiger partial charge on any atom is 0.198 e. The molecule has 3 N–H and O–H groups in total. The molecule has 2 aromatic rings. The van der Waals surface area contributed by atoms with Crippen LogP contribution in [0.3, 0.4) is 0 Å². The number of nitrogens with one attached hydrogen (secondary N) is 2. The highest BCUT2D eigenvalue weighted by atomic mass is 19.1. The van der Waals surface area contributed by atoms with Crippen LogP contribution in [0, 0.1) is 5.95 Å². The summed E-state index contributed by atoms with van der Waals surface area (Å²) in [5.41, 5.74) is 2.50. The Morgan fingerprint density at radius 2 is 2.05 bits per heavy atom. The number of aryl methyl sites for hydroxylation is 1. The molecule has 0 amide bonds. The lowest BCUT2D eigenvalue weighted by atomic mass is 10.0. The predicted molar refractivity (Wildman–Crippen MR) is 70.9 cm³/mol. The van der Waals surface area contributed by atoms with Crippen LogP contribution in [0.25, 0.3) is 5.52 Å². The Bertz CT molecular complexity index is 627. The Kier molecular flexibility index (Phi) is 2.91. The minimum atomic E-state index is -0.752. The average molecular weight is 261 g/mol. The van der Waals surface area contributed by atoms with Crippen LogP contribution in [0.5, 0.6) is 0 Å². The van der Waals surface area contributed by atoms with E-state index in [4.69, 9.17) is 0 Å². The summed E-state index contributed by atoms with van der Waals surface area (Å²) >= 11 is 0. The molecule has 100 valence electrons. The van der Waals surface area contributed by atoms with Crippen LogP contribution in [0.2, 0.25) is 0 Å². The van der Waals surface area contributed by atoms with Gasteiger partial charge >= 0.3 is 0 Å². The molecule has 3 heterocycles.